The Kier molecular flexibility index (Phi) is 4.83. The van der Waals surface area contributed by atoms with Gasteiger partial charge in [-0.2, -0.15) is 0 Å². The van der Waals surface area contributed by atoms with Crippen LogP contribution in [0.5, 0.6) is 5.75 Å². The lowest BCUT2D eigenvalue weighted by Crippen LogP contribution is -2.44. The number of methoxy groups -OCH3 is 1. The molecule has 106 valence electrons. The van der Waals surface area contributed by atoms with Crippen molar-refractivity contribution >= 4 is 0 Å². The second-order valence-corrected chi connectivity index (χ2v) is 5.47. The molecule has 1 aromatic rings. The molecule has 19 heavy (non-hydrogen) atoms. The molecule has 0 spiro atoms. The lowest BCUT2D eigenvalue weighted by Gasteiger charge is -2.28. The molecule has 0 bridgehead atoms. The fourth-order valence-electron chi connectivity index (χ4n) is 2.90. The third-order valence-corrected chi connectivity index (χ3v) is 4.32. The lowest BCUT2D eigenvalue weighted by molar-refractivity contribution is 0.243. The van der Waals surface area contributed by atoms with E-state index in [2.05, 4.69) is 37.1 Å². The van der Waals surface area contributed by atoms with Crippen LogP contribution in [0.2, 0.25) is 0 Å². The van der Waals surface area contributed by atoms with E-state index in [1.165, 1.54) is 35.3 Å². The van der Waals surface area contributed by atoms with Gasteiger partial charge in [-0.25, -0.2) is 0 Å². The third kappa shape index (κ3) is 3.28. The van der Waals surface area contributed by atoms with Crippen LogP contribution in [0.4, 0.5) is 0 Å². The molecule has 3 heteroatoms. The van der Waals surface area contributed by atoms with E-state index in [1.54, 1.807) is 7.11 Å². The molecule has 0 aliphatic carbocycles. The molecule has 0 atom stereocenters. The zero-order chi connectivity index (χ0) is 13.8. The molecule has 0 unspecified atom stereocenters. The standard InChI is InChI=1S/C16H26N2O/c1-12-11-16(19-4)14(3)13(2)15(12)5-8-18-9-6-17-7-10-18/h11,17H,5-10H2,1-4H3. The normalized spacial score (nSPS) is 16.6. The Morgan fingerprint density at radius 1 is 1.16 bits per heavy atom. The molecule has 1 heterocycles. The highest BCUT2D eigenvalue weighted by atomic mass is 16.5. The van der Waals surface area contributed by atoms with E-state index < -0.39 is 0 Å². The number of piperazine rings is 1. The van der Waals surface area contributed by atoms with Crippen LogP contribution >= 0.6 is 0 Å². The van der Waals surface area contributed by atoms with Crippen molar-refractivity contribution in [1.82, 2.24) is 10.2 Å². The van der Waals surface area contributed by atoms with Crippen molar-refractivity contribution in [3.05, 3.63) is 28.3 Å². The Morgan fingerprint density at radius 3 is 2.47 bits per heavy atom. The molecule has 0 aromatic heterocycles. The second kappa shape index (κ2) is 6.40. The van der Waals surface area contributed by atoms with Gasteiger partial charge < -0.3 is 15.0 Å². The van der Waals surface area contributed by atoms with Gasteiger partial charge in [-0.05, 0) is 55.5 Å². The van der Waals surface area contributed by atoms with Gasteiger partial charge in [-0.15, -0.1) is 0 Å². The topological polar surface area (TPSA) is 24.5 Å². The van der Waals surface area contributed by atoms with Gasteiger partial charge in [-0.1, -0.05) is 0 Å². The largest absolute Gasteiger partial charge is 0.496 e. The van der Waals surface area contributed by atoms with Crippen molar-refractivity contribution in [3.8, 4) is 5.75 Å². The summed E-state index contributed by atoms with van der Waals surface area (Å²) in [4.78, 5) is 2.55. The van der Waals surface area contributed by atoms with Crippen LogP contribution in [-0.2, 0) is 6.42 Å². The SMILES string of the molecule is COc1cc(C)c(CCN2CCNCC2)c(C)c1C. The minimum absolute atomic E-state index is 1.01. The number of nitrogens with one attached hydrogen (secondary N) is 1. The summed E-state index contributed by atoms with van der Waals surface area (Å²) < 4.78 is 5.44. The maximum Gasteiger partial charge on any atom is 0.122 e. The predicted molar refractivity (Wildman–Crippen MR) is 80.2 cm³/mol. The molecule has 0 amide bonds. The van der Waals surface area contributed by atoms with E-state index in [0.717, 1.165) is 31.8 Å². The lowest BCUT2D eigenvalue weighted by atomic mass is 9.95. The summed E-state index contributed by atoms with van der Waals surface area (Å²) in [6.45, 7) is 12.3. The predicted octanol–water partition coefficient (Wildman–Crippen LogP) is 2.07. The van der Waals surface area contributed by atoms with Crippen molar-refractivity contribution in [1.29, 1.82) is 0 Å². The van der Waals surface area contributed by atoms with Crippen LogP contribution < -0.4 is 10.1 Å². The van der Waals surface area contributed by atoms with Crippen molar-refractivity contribution in [2.45, 2.75) is 27.2 Å². The fraction of sp³-hybridized carbons (Fsp3) is 0.625. The molecular formula is C16H26N2O. The molecular weight excluding hydrogens is 236 g/mol. The van der Waals surface area contributed by atoms with Crippen LogP contribution in [0.15, 0.2) is 6.07 Å². The maximum atomic E-state index is 5.44. The first kappa shape index (κ1) is 14.4. The molecule has 3 nitrogen and oxygen atoms in total. The van der Waals surface area contributed by atoms with E-state index in [-0.39, 0.29) is 0 Å². The van der Waals surface area contributed by atoms with Gasteiger partial charge in [0.2, 0.25) is 0 Å². The van der Waals surface area contributed by atoms with Gasteiger partial charge in [0.15, 0.2) is 0 Å². The first-order valence-electron chi connectivity index (χ1n) is 7.20. The average Bonchev–Trinajstić information content (AvgIpc) is 2.44. The number of rotatable bonds is 4. The smallest absolute Gasteiger partial charge is 0.122 e. The van der Waals surface area contributed by atoms with E-state index >= 15 is 0 Å². The van der Waals surface area contributed by atoms with Crippen LogP contribution in [-0.4, -0.2) is 44.7 Å². The molecule has 2 rings (SSSR count). The number of benzene rings is 1. The second-order valence-electron chi connectivity index (χ2n) is 5.47. The van der Waals surface area contributed by atoms with Crippen molar-refractivity contribution in [3.63, 3.8) is 0 Å². The van der Waals surface area contributed by atoms with Crippen LogP contribution in [0.25, 0.3) is 0 Å². The molecule has 0 radical (unpaired) electrons. The quantitative estimate of drug-likeness (QED) is 0.899. The highest BCUT2D eigenvalue weighted by Gasteiger charge is 2.13. The van der Waals surface area contributed by atoms with Gasteiger partial charge in [-0.3, -0.25) is 0 Å². The summed E-state index contributed by atoms with van der Waals surface area (Å²) in [5.74, 6) is 1.01. The number of hydrogen-bond donors (Lipinski definition) is 1. The molecule has 1 aliphatic rings. The van der Waals surface area contributed by atoms with Gasteiger partial charge in [0.25, 0.3) is 0 Å². The Labute approximate surface area is 116 Å². The van der Waals surface area contributed by atoms with Gasteiger partial charge in [0.05, 0.1) is 7.11 Å². The van der Waals surface area contributed by atoms with Crippen molar-refractivity contribution in [2.75, 3.05) is 39.8 Å². The highest BCUT2D eigenvalue weighted by molar-refractivity contribution is 5.48. The van der Waals surface area contributed by atoms with Crippen LogP contribution in [0.1, 0.15) is 22.3 Å². The van der Waals surface area contributed by atoms with Gasteiger partial charge >= 0.3 is 0 Å². The van der Waals surface area contributed by atoms with E-state index in [1.807, 2.05) is 0 Å². The highest BCUT2D eigenvalue weighted by Crippen LogP contribution is 2.27. The fourth-order valence-corrected chi connectivity index (χ4v) is 2.90. The molecule has 1 aliphatic heterocycles. The van der Waals surface area contributed by atoms with E-state index in [4.69, 9.17) is 4.74 Å². The van der Waals surface area contributed by atoms with Crippen LogP contribution in [0.3, 0.4) is 0 Å². The summed E-state index contributed by atoms with van der Waals surface area (Å²) >= 11 is 0. The van der Waals surface area contributed by atoms with Crippen molar-refractivity contribution < 1.29 is 4.74 Å². The first-order chi connectivity index (χ1) is 9.13. The molecule has 1 aromatic carbocycles. The summed E-state index contributed by atoms with van der Waals surface area (Å²) in [5.41, 5.74) is 5.53. The third-order valence-electron chi connectivity index (χ3n) is 4.32. The Bertz CT molecular complexity index is 437. The number of nitrogens with zero attached hydrogens (tertiary/aromatic N) is 1. The van der Waals surface area contributed by atoms with Crippen LogP contribution in [0, 0.1) is 20.8 Å². The maximum absolute atomic E-state index is 5.44. The van der Waals surface area contributed by atoms with Gasteiger partial charge in [0, 0.05) is 32.7 Å². The van der Waals surface area contributed by atoms with Gasteiger partial charge in [0.1, 0.15) is 5.75 Å². The Hall–Kier alpha value is -1.06. The minimum atomic E-state index is 1.01. The summed E-state index contributed by atoms with van der Waals surface area (Å²) in [5, 5.41) is 3.40. The zero-order valence-electron chi connectivity index (χ0n) is 12.7. The summed E-state index contributed by atoms with van der Waals surface area (Å²) in [6.07, 6.45) is 1.14. The Morgan fingerprint density at radius 2 is 1.84 bits per heavy atom. The van der Waals surface area contributed by atoms with Crippen molar-refractivity contribution in [2.24, 2.45) is 0 Å². The monoisotopic (exact) mass is 262 g/mol. The van der Waals surface area contributed by atoms with E-state index in [9.17, 15) is 0 Å². The number of aryl methyl sites for hydroxylation is 1. The Balaban J connectivity index is 2.09. The summed E-state index contributed by atoms with van der Waals surface area (Å²) in [6, 6.07) is 2.18. The summed E-state index contributed by atoms with van der Waals surface area (Å²) in [7, 11) is 1.75. The number of hydrogen-bond acceptors (Lipinski definition) is 3. The molecule has 1 saturated heterocycles. The minimum Gasteiger partial charge on any atom is -0.496 e. The number of ether oxygens (including phenoxy) is 1. The molecule has 0 saturated carbocycles. The van der Waals surface area contributed by atoms with E-state index in [0.29, 0.717) is 0 Å². The molecule has 1 N–H and O–H groups in total. The first-order valence-corrected chi connectivity index (χ1v) is 7.20. The molecule has 1 fully saturated rings. The average molecular weight is 262 g/mol. The zero-order valence-corrected chi connectivity index (χ0v) is 12.7.